The fourth-order valence-corrected chi connectivity index (χ4v) is 2.25. The Morgan fingerprint density at radius 1 is 1.53 bits per heavy atom. The molecule has 0 saturated heterocycles. The smallest absolute Gasteiger partial charge is 0.226 e. The van der Waals surface area contributed by atoms with Crippen LogP contribution in [0.3, 0.4) is 0 Å². The highest BCUT2D eigenvalue weighted by atomic mass is 32.2. The summed E-state index contributed by atoms with van der Waals surface area (Å²) in [5.41, 5.74) is 5.62. The van der Waals surface area contributed by atoms with Crippen LogP contribution in [0.5, 0.6) is 0 Å². The Labute approximate surface area is 97.8 Å². The van der Waals surface area contributed by atoms with Crippen LogP contribution in [0.1, 0.15) is 26.7 Å². The number of nitrogens with zero attached hydrogens (tertiary/aromatic N) is 1. The molecule has 2 atom stereocenters. The summed E-state index contributed by atoms with van der Waals surface area (Å²) in [6.45, 7) is 4.62. The van der Waals surface area contributed by atoms with Crippen LogP contribution in [0.2, 0.25) is 0 Å². The van der Waals surface area contributed by atoms with Crippen molar-refractivity contribution >= 4 is 17.7 Å². The Bertz CT molecular complexity index is 187. The van der Waals surface area contributed by atoms with Gasteiger partial charge in [-0.3, -0.25) is 4.79 Å². The summed E-state index contributed by atoms with van der Waals surface area (Å²) in [6.07, 6.45) is 3.96. The van der Waals surface area contributed by atoms with Gasteiger partial charge >= 0.3 is 0 Å². The Hall–Kier alpha value is -0.220. The molecule has 1 amide bonds. The first-order valence-electron chi connectivity index (χ1n) is 5.54. The molecular formula is C11H24N2OS. The number of thioether (sulfide) groups is 1. The third-order valence-corrected chi connectivity index (χ3v) is 3.50. The zero-order valence-corrected chi connectivity index (χ0v) is 11.1. The molecule has 0 rings (SSSR count). The van der Waals surface area contributed by atoms with Crippen molar-refractivity contribution in [2.45, 2.75) is 32.7 Å². The van der Waals surface area contributed by atoms with Gasteiger partial charge in [0.05, 0.1) is 5.92 Å². The predicted molar refractivity (Wildman–Crippen MR) is 68.1 cm³/mol. The van der Waals surface area contributed by atoms with Gasteiger partial charge in [-0.1, -0.05) is 13.3 Å². The topological polar surface area (TPSA) is 46.3 Å². The molecule has 0 aromatic carbocycles. The summed E-state index contributed by atoms with van der Waals surface area (Å²) < 4.78 is 0. The van der Waals surface area contributed by atoms with Gasteiger partial charge in [0, 0.05) is 25.4 Å². The first-order valence-corrected chi connectivity index (χ1v) is 6.93. The Morgan fingerprint density at radius 3 is 2.53 bits per heavy atom. The van der Waals surface area contributed by atoms with Crippen LogP contribution in [0.4, 0.5) is 0 Å². The maximum absolute atomic E-state index is 12.0. The van der Waals surface area contributed by atoms with Crippen molar-refractivity contribution in [1.29, 1.82) is 0 Å². The normalized spacial score (nSPS) is 14.7. The standard InChI is InChI=1S/C11H24N2OS/c1-5-6-10(7-12)11(14)13(3)9(2)8-15-4/h9-10H,5-8,12H2,1-4H3. The maximum Gasteiger partial charge on any atom is 0.226 e. The molecule has 0 radical (unpaired) electrons. The highest BCUT2D eigenvalue weighted by Crippen LogP contribution is 2.12. The zero-order valence-electron chi connectivity index (χ0n) is 10.3. The SMILES string of the molecule is CCCC(CN)C(=O)N(C)C(C)CSC. The number of hydrogen-bond acceptors (Lipinski definition) is 3. The van der Waals surface area contributed by atoms with Crippen LogP contribution >= 0.6 is 11.8 Å². The second-order valence-electron chi connectivity index (χ2n) is 3.97. The van der Waals surface area contributed by atoms with Gasteiger partial charge in [-0.15, -0.1) is 0 Å². The molecule has 90 valence electrons. The van der Waals surface area contributed by atoms with Crippen molar-refractivity contribution in [3.8, 4) is 0 Å². The molecule has 0 aliphatic carbocycles. The number of rotatable bonds is 7. The number of carbonyl (C=O) groups is 1. The number of carbonyl (C=O) groups excluding carboxylic acids is 1. The van der Waals surface area contributed by atoms with Crippen molar-refractivity contribution in [3.63, 3.8) is 0 Å². The molecule has 0 heterocycles. The lowest BCUT2D eigenvalue weighted by Gasteiger charge is -2.28. The van der Waals surface area contributed by atoms with E-state index in [1.54, 1.807) is 11.8 Å². The van der Waals surface area contributed by atoms with E-state index in [-0.39, 0.29) is 11.8 Å². The second kappa shape index (κ2) is 7.99. The van der Waals surface area contributed by atoms with Gasteiger partial charge in [0.25, 0.3) is 0 Å². The molecule has 15 heavy (non-hydrogen) atoms. The first-order chi connectivity index (χ1) is 7.08. The summed E-state index contributed by atoms with van der Waals surface area (Å²) in [5, 5.41) is 0. The number of hydrogen-bond donors (Lipinski definition) is 1. The summed E-state index contributed by atoms with van der Waals surface area (Å²) >= 11 is 1.76. The van der Waals surface area contributed by atoms with Crippen LogP contribution in [-0.4, -0.2) is 42.4 Å². The first kappa shape index (κ1) is 14.8. The molecule has 0 saturated carbocycles. The van der Waals surface area contributed by atoms with Crippen molar-refractivity contribution in [1.82, 2.24) is 4.90 Å². The van der Waals surface area contributed by atoms with E-state index in [0.29, 0.717) is 12.6 Å². The molecular weight excluding hydrogens is 208 g/mol. The molecule has 0 aromatic heterocycles. The summed E-state index contributed by atoms with van der Waals surface area (Å²) in [6, 6.07) is 0.290. The fraction of sp³-hybridized carbons (Fsp3) is 0.909. The van der Waals surface area contributed by atoms with Gasteiger partial charge in [0.1, 0.15) is 0 Å². The molecule has 0 bridgehead atoms. The van der Waals surface area contributed by atoms with Crippen molar-refractivity contribution in [2.75, 3.05) is 25.6 Å². The zero-order chi connectivity index (χ0) is 11.8. The minimum atomic E-state index is 0.00399. The van der Waals surface area contributed by atoms with Gasteiger partial charge in [-0.05, 0) is 19.6 Å². The van der Waals surface area contributed by atoms with Crippen molar-refractivity contribution in [2.24, 2.45) is 11.7 Å². The van der Waals surface area contributed by atoms with Crippen LogP contribution < -0.4 is 5.73 Å². The Kier molecular flexibility index (Phi) is 7.88. The molecule has 4 heteroatoms. The highest BCUT2D eigenvalue weighted by Gasteiger charge is 2.22. The Balaban J connectivity index is 4.26. The van der Waals surface area contributed by atoms with E-state index in [0.717, 1.165) is 18.6 Å². The van der Waals surface area contributed by atoms with Gasteiger partial charge in [-0.25, -0.2) is 0 Å². The van der Waals surface area contributed by atoms with Gasteiger partial charge in [-0.2, -0.15) is 11.8 Å². The highest BCUT2D eigenvalue weighted by molar-refractivity contribution is 7.98. The van der Waals surface area contributed by atoms with E-state index < -0.39 is 0 Å². The van der Waals surface area contributed by atoms with E-state index >= 15 is 0 Å². The van der Waals surface area contributed by atoms with Crippen LogP contribution in [-0.2, 0) is 4.79 Å². The van der Waals surface area contributed by atoms with Crippen LogP contribution in [0.15, 0.2) is 0 Å². The summed E-state index contributed by atoms with van der Waals surface area (Å²) in [4.78, 5) is 13.9. The third-order valence-electron chi connectivity index (χ3n) is 2.69. The van der Waals surface area contributed by atoms with Gasteiger partial charge < -0.3 is 10.6 Å². The third kappa shape index (κ3) is 4.89. The van der Waals surface area contributed by atoms with Crippen LogP contribution in [0, 0.1) is 5.92 Å². The molecule has 2 unspecified atom stereocenters. The molecule has 2 N–H and O–H groups in total. The number of nitrogens with two attached hydrogens (primary N) is 1. The van der Waals surface area contributed by atoms with E-state index in [2.05, 4.69) is 20.1 Å². The minimum Gasteiger partial charge on any atom is -0.342 e. The van der Waals surface area contributed by atoms with Crippen molar-refractivity contribution < 1.29 is 4.79 Å². The molecule has 0 aliphatic rings. The maximum atomic E-state index is 12.0. The molecule has 0 aromatic rings. The average molecular weight is 232 g/mol. The summed E-state index contributed by atoms with van der Waals surface area (Å²) in [5.74, 6) is 1.18. The number of amides is 1. The Morgan fingerprint density at radius 2 is 2.13 bits per heavy atom. The van der Waals surface area contributed by atoms with E-state index in [9.17, 15) is 4.79 Å². The van der Waals surface area contributed by atoms with Gasteiger partial charge in [0.2, 0.25) is 5.91 Å². The quantitative estimate of drug-likeness (QED) is 0.725. The molecule has 3 nitrogen and oxygen atoms in total. The lowest BCUT2D eigenvalue weighted by Crippen LogP contribution is -2.42. The van der Waals surface area contributed by atoms with Crippen LogP contribution in [0.25, 0.3) is 0 Å². The van der Waals surface area contributed by atoms with E-state index in [1.807, 2.05) is 11.9 Å². The average Bonchev–Trinajstić information content (AvgIpc) is 2.24. The molecule has 0 fully saturated rings. The lowest BCUT2D eigenvalue weighted by atomic mass is 10.0. The molecule has 0 aliphatic heterocycles. The minimum absolute atomic E-state index is 0.00399. The lowest BCUT2D eigenvalue weighted by molar-refractivity contribution is -0.135. The largest absolute Gasteiger partial charge is 0.342 e. The van der Waals surface area contributed by atoms with Crippen molar-refractivity contribution in [3.05, 3.63) is 0 Å². The fourth-order valence-electron chi connectivity index (χ4n) is 1.55. The summed E-state index contributed by atoms with van der Waals surface area (Å²) in [7, 11) is 1.88. The monoisotopic (exact) mass is 232 g/mol. The van der Waals surface area contributed by atoms with E-state index in [1.165, 1.54) is 0 Å². The second-order valence-corrected chi connectivity index (χ2v) is 4.89. The van der Waals surface area contributed by atoms with Gasteiger partial charge in [0.15, 0.2) is 0 Å². The van der Waals surface area contributed by atoms with E-state index in [4.69, 9.17) is 5.73 Å². The predicted octanol–water partition coefficient (Wildman–Crippen LogP) is 1.57. The molecule has 0 spiro atoms.